The summed E-state index contributed by atoms with van der Waals surface area (Å²) in [6, 6.07) is 2.04. The number of hydrogen-bond acceptors (Lipinski definition) is 5. The molecule has 0 aliphatic heterocycles. The molecule has 0 aromatic carbocycles. The molecule has 0 bridgehead atoms. The summed E-state index contributed by atoms with van der Waals surface area (Å²) < 4.78 is 5.41. The van der Waals surface area contributed by atoms with Crippen LogP contribution in [0.2, 0.25) is 0 Å². The SMILES string of the molecule is CCOc1ccnc(N(Cc2cnc[nH]2)C(C)C)n1. The molecule has 0 spiro atoms. The Hall–Kier alpha value is -2.11. The van der Waals surface area contributed by atoms with Gasteiger partial charge >= 0.3 is 0 Å². The van der Waals surface area contributed by atoms with Gasteiger partial charge in [-0.25, -0.2) is 9.97 Å². The molecule has 6 heteroatoms. The van der Waals surface area contributed by atoms with Crippen molar-refractivity contribution in [3.05, 3.63) is 30.5 Å². The molecule has 0 fully saturated rings. The van der Waals surface area contributed by atoms with Crippen LogP contribution in [0.1, 0.15) is 26.5 Å². The zero-order valence-corrected chi connectivity index (χ0v) is 11.5. The van der Waals surface area contributed by atoms with Crippen LogP contribution in [0.4, 0.5) is 5.95 Å². The Morgan fingerprint density at radius 2 is 2.26 bits per heavy atom. The molecule has 0 aliphatic carbocycles. The summed E-state index contributed by atoms with van der Waals surface area (Å²) in [6.45, 7) is 7.43. The van der Waals surface area contributed by atoms with Gasteiger partial charge in [0, 0.05) is 24.5 Å². The van der Waals surface area contributed by atoms with Gasteiger partial charge in [0.05, 0.1) is 25.2 Å². The van der Waals surface area contributed by atoms with E-state index >= 15 is 0 Å². The van der Waals surface area contributed by atoms with Gasteiger partial charge in [0.2, 0.25) is 11.8 Å². The normalized spacial score (nSPS) is 10.7. The lowest BCUT2D eigenvalue weighted by molar-refractivity contribution is 0.326. The quantitative estimate of drug-likeness (QED) is 0.861. The molecule has 2 aromatic heterocycles. The lowest BCUT2D eigenvalue weighted by Gasteiger charge is -2.26. The van der Waals surface area contributed by atoms with Crippen molar-refractivity contribution in [2.45, 2.75) is 33.4 Å². The zero-order chi connectivity index (χ0) is 13.7. The van der Waals surface area contributed by atoms with Crippen molar-refractivity contribution in [1.82, 2.24) is 19.9 Å². The first-order valence-electron chi connectivity index (χ1n) is 6.40. The van der Waals surface area contributed by atoms with Crippen molar-refractivity contribution >= 4 is 5.95 Å². The second-order valence-electron chi connectivity index (χ2n) is 4.43. The number of ether oxygens (including phenoxy) is 1. The third kappa shape index (κ3) is 3.43. The first-order valence-corrected chi connectivity index (χ1v) is 6.40. The maximum absolute atomic E-state index is 5.41. The number of H-pyrrole nitrogens is 1. The molecular formula is C13H19N5O. The minimum Gasteiger partial charge on any atom is -0.478 e. The number of nitrogens with one attached hydrogen (secondary N) is 1. The highest BCUT2D eigenvalue weighted by molar-refractivity contribution is 5.33. The number of aromatic nitrogens is 4. The van der Waals surface area contributed by atoms with Gasteiger partial charge < -0.3 is 14.6 Å². The Kier molecular flexibility index (Phi) is 4.33. The Balaban J connectivity index is 2.20. The van der Waals surface area contributed by atoms with Gasteiger partial charge in [0.25, 0.3) is 0 Å². The predicted molar refractivity (Wildman–Crippen MR) is 73.1 cm³/mol. The smallest absolute Gasteiger partial charge is 0.229 e. The number of anilines is 1. The standard InChI is InChI=1S/C13H19N5O/c1-4-19-12-5-6-15-13(17-12)18(10(2)3)8-11-7-14-9-16-11/h5-7,9-10H,4,8H2,1-3H3,(H,14,16). The van der Waals surface area contributed by atoms with E-state index in [-0.39, 0.29) is 6.04 Å². The van der Waals surface area contributed by atoms with Crippen molar-refractivity contribution < 1.29 is 4.74 Å². The van der Waals surface area contributed by atoms with Crippen molar-refractivity contribution in [3.8, 4) is 5.88 Å². The number of rotatable bonds is 6. The minimum atomic E-state index is 0.278. The fourth-order valence-electron chi connectivity index (χ4n) is 1.74. The number of hydrogen-bond donors (Lipinski definition) is 1. The van der Waals surface area contributed by atoms with Crippen LogP contribution >= 0.6 is 0 Å². The number of nitrogens with zero attached hydrogens (tertiary/aromatic N) is 4. The maximum atomic E-state index is 5.41. The molecule has 6 nitrogen and oxygen atoms in total. The molecule has 0 unspecified atom stereocenters. The highest BCUT2D eigenvalue weighted by Gasteiger charge is 2.15. The van der Waals surface area contributed by atoms with E-state index in [4.69, 9.17) is 4.74 Å². The first-order chi connectivity index (χ1) is 9.20. The molecule has 2 heterocycles. The van der Waals surface area contributed by atoms with E-state index in [0.29, 0.717) is 25.0 Å². The summed E-state index contributed by atoms with van der Waals surface area (Å²) in [7, 11) is 0. The second-order valence-corrected chi connectivity index (χ2v) is 4.43. The molecular weight excluding hydrogens is 242 g/mol. The summed E-state index contributed by atoms with van der Waals surface area (Å²) in [5.74, 6) is 1.26. The van der Waals surface area contributed by atoms with E-state index < -0.39 is 0 Å². The van der Waals surface area contributed by atoms with Gasteiger partial charge in [0.15, 0.2) is 0 Å². The molecule has 0 radical (unpaired) electrons. The van der Waals surface area contributed by atoms with Gasteiger partial charge in [-0.05, 0) is 20.8 Å². The van der Waals surface area contributed by atoms with Crippen LogP contribution in [0.25, 0.3) is 0 Å². The van der Waals surface area contributed by atoms with E-state index in [0.717, 1.165) is 5.69 Å². The summed E-state index contributed by atoms with van der Waals surface area (Å²) in [5.41, 5.74) is 1.03. The van der Waals surface area contributed by atoms with Crippen LogP contribution in [0, 0.1) is 0 Å². The summed E-state index contributed by atoms with van der Waals surface area (Å²) in [4.78, 5) is 18.0. The largest absolute Gasteiger partial charge is 0.478 e. The van der Waals surface area contributed by atoms with Gasteiger partial charge in [-0.1, -0.05) is 0 Å². The van der Waals surface area contributed by atoms with Gasteiger partial charge in [-0.3, -0.25) is 0 Å². The predicted octanol–water partition coefficient (Wildman–Crippen LogP) is 2.01. The molecule has 1 N–H and O–H groups in total. The average Bonchev–Trinajstić information content (AvgIpc) is 2.89. The third-order valence-corrected chi connectivity index (χ3v) is 2.69. The number of aromatic amines is 1. The van der Waals surface area contributed by atoms with Crippen LogP contribution in [-0.4, -0.2) is 32.6 Å². The molecule has 2 aromatic rings. The molecule has 0 atom stereocenters. The molecule has 0 saturated heterocycles. The van der Waals surface area contributed by atoms with Crippen molar-refractivity contribution in [1.29, 1.82) is 0 Å². The Morgan fingerprint density at radius 3 is 2.89 bits per heavy atom. The fourth-order valence-corrected chi connectivity index (χ4v) is 1.74. The molecule has 19 heavy (non-hydrogen) atoms. The van der Waals surface area contributed by atoms with E-state index in [1.807, 2.05) is 13.1 Å². The van der Waals surface area contributed by atoms with Crippen molar-refractivity contribution in [3.63, 3.8) is 0 Å². The van der Waals surface area contributed by atoms with Crippen LogP contribution in [0.15, 0.2) is 24.8 Å². The summed E-state index contributed by atoms with van der Waals surface area (Å²) in [6.07, 6.45) is 5.20. The zero-order valence-electron chi connectivity index (χ0n) is 11.5. The highest BCUT2D eigenvalue weighted by atomic mass is 16.5. The number of imidazole rings is 1. The Morgan fingerprint density at radius 1 is 1.42 bits per heavy atom. The van der Waals surface area contributed by atoms with E-state index in [9.17, 15) is 0 Å². The third-order valence-electron chi connectivity index (χ3n) is 2.69. The highest BCUT2D eigenvalue weighted by Crippen LogP contribution is 2.17. The van der Waals surface area contributed by atoms with E-state index in [1.54, 1.807) is 18.6 Å². The molecule has 0 amide bonds. The Labute approximate surface area is 112 Å². The van der Waals surface area contributed by atoms with Gasteiger partial charge in [-0.15, -0.1) is 0 Å². The second kappa shape index (κ2) is 6.17. The summed E-state index contributed by atoms with van der Waals surface area (Å²) in [5, 5.41) is 0. The molecule has 0 aliphatic rings. The minimum absolute atomic E-state index is 0.278. The van der Waals surface area contributed by atoms with E-state index in [2.05, 4.69) is 38.7 Å². The van der Waals surface area contributed by atoms with Crippen molar-refractivity contribution in [2.75, 3.05) is 11.5 Å². The topological polar surface area (TPSA) is 66.9 Å². The molecule has 0 saturated carbocycles. The Bertz CT molecular complexity index is 497. The molecule has 102 valence electrons. The molecule has 2 rings (SSSR count). The first kappa shape index (κ1) is 13.3. The van der Waals surface area contributed by atoms with Crippen molar-refractivity contribution in [2.24, 2.45) is 0 Å². The summed E-state index contributed by atoms with van der Waals surface area (Å²) >= 11 is 0. The monoisotopic (exact) mass is 261 g/mol. The average molecular weight is 261 g/mol. The van der Waals surface area contributed by atoms with Gasteiger partial charge in [0.1, 0.15) is 0 Å². The lowest BCUT2D eigenvalue weighted by atomic mass is 10.3. The lowest BCUT2D eigenvalue weighted by Crippen LogP contribution is -2.32. The van der Waals surface area contributed by atoms with Gasteiger partial charge in [-0.2, -0.15) is 4.98 Å². The van der Waals surface area contributed by atoms with E-state index in [1.165, 1.54) is 0 Å². The van der Waals surface area contributed by atoms with Crippen LogP contribution < -0.4 is 9.64 Å². The van der Waals surface area contributed by atoms with Crippen LogP contribution in [-0.2, 0) is 6.54 Å². The van der Waals surface area contributed by atoms with Crippen LogP contribution in [0.5, 0.6) is 5.88 Å². The fraction of sp³-hybridized carbons (Fsp3) is 0.462. The maximum Gasteiger partial charge on any atom is 0.229 e. The van der Waals surface area contributed by atoms with Crippen LogP contribution in [0.3, 0.4) is 0 Å².